The first-order valence-electron chi connectivity index (χ1n) is 4.79. The third-order valence-electron chi connectivity index (χ3n) is 2.37. The Labute approximate surface area is 104 Å². The third kappa shape index (κ3) is 2.21. The predicted octanol–water partition coefficient (Wildman–Crippen LogP) is 5.11. The van der Waals surface area contributed by atoms with Crippen LogP contribution in [0.1, 0.15) is 5.56 Å². The number of rotatable bonds is 1. The van der Waals surface area contributed by atoms with Crippen molar-refractivity contribution in [3.8, 4) is 11.1 Å². The van der Waals surface area contributed by atoms with Crippen molar-refractivity contribution >= 4 is 23.2 Å². The van der Waals surface area contributed by atoms with E-state index in [0.29, 0.717) is 26.7 Å². The van der Waals surface area contributed by atoms with Gasteiger partial charge in [0.1, 0.15) is 5.82 Å². The van der Waals surface area contributed by atoms with Crippen molar-refractivity contribution in [3.05, 3.63) is 57.8 Å². The summed E-state index contributed by atoms with van der Waals surface area (Å²) in [7, 11) is 0. The quantitative estimate of drug-likeness (QED) is 0.664. The molecule has 0 fully saturated rings. The predicted molar refractivity (Wildman–Crippen MR) is 66.6 cm³/mol. The van der Waals surface area contributed by atoms with Crippen LogP contribution in [0.2, 0.25) is 10.0 Å². The van der Waals surface area contributed by atoms with E-state index in [4.69, 9.17) is 23.2 Å². The summed E-state index contributed by atoms with van der Waals surface area (Å²) in [6.07, 6.45) is 0. The highest BCUT2D eigenvalue weighted by molar-refractivity contribution is 6.35. The fourth-order valence-corrected chi connectivity index (χ4v) is 2.11. The maximum atomic E-state index is 13.9. The smallest absolute Gasteiger partial charge is 0.133 e. The lowest BCUT2D eigenvalue weighted by molar-refractivity contribution is 0.622. The maximum absolute atomic E-state index is 13.9. The number of hydrogen-bond donors (Lipinski definition) is 0. The molecule has 0 bridgehead atoms. The van der Waals surface area contributed by atoms with Crippen LogP contribution in [0.3, 0.4) is 0 Å². The van der Waals surface area contributed by atoms with Crippen LogP contribution >= 0.6 is 23.2 Å². The molecule has 0 aliphatic heterocycles. The van der Waals surface area contributed by atoms with Gasteiger partial charge in [0, 0.05) is 15.6 Å². The summed E-state index contributed by atoms with van der Waals surface area (Å²) in [4.78, 5) is 0. The SMILES string of the molecule is Cc1cccc(-c2cc(Cl)cc(Cl)c2)c1F. The second kappa shape index (κ2) is 4.44. The minimum atomic E-state index is -0.235. The Kier molecular flexibility index (Phi) is 3.17. The van der Waals surface area contributed by atoms with Gasteiger partial charge in [0.05, 0.1) is 0 Å². The Bertz CT molecular complexity index is 515. The summed E-state index contributed by atoms with van der Waals surface area (Å²) in [5.41, 5.74) is 1.82. The Balaban J connectivity index is 2.63. The number of benzene rings is 2. The molecule has 0 aliphatic rings. The van der Waals surface area contributed by atoms with Crippen LogP contribution < -0.4 is 0 Å². The Hall–Kier alpha value is -1.05. The lowest BCUT2D eigenvalue weighted by Crippen LogP contribution is -1.88. The summed E-state index contributed by atoms with van der Waals surface area (Å²) < 4.78 is 13.9. The zero-order valence-electron chi connectivity index (χ0n) is 8.60. The molecule has 0 radical (unpaired) electrons. The first-order chi connectivity index (χ1) is 7.58. The van der Waals surface area contributed by atoms with Crippen molar-refractivity contribution in [1.82, 2.24) is 0 Å². The molecular formula is C13H9Cl2F. The summed E-state index contributed by atoms with van der Waals surface area (Å²) in [5.74, 6) is -0.235. The van der Waals surface area contributed by atoms with E-state index in [1.54, 1.807) is 37.3 Å². The van der Waals surface area contributed by atoms with Gasteiger partial charge in [0.25, 0.3) is 0 Å². The van der Waals surface area contributed by atoms with Gasteiger partial charge in [-0.15, -0.1) is 0 Å². The molecule has 2 aromatic carbocycles. The molecule has 0 heterocycles. The van der Waals surface area contributed by atoms with Crippen molar-refractivity contribution in [2.24, 2.45) is 0 Å². The van der Waals surface area contributed by atoms with Crippen LogP contribution in [-0.2, 0) is 0 Å². The van der Waals surface area contributed by atoms with Gasteiger partial charge in [0.2, 0.25) is 0 Å². The Morgan fingerprint density at radius 2 is 1.62 bits per heavy atom. The molecule has 0 unspecified atom stereocenters. The highest BCUT2D eigenvalue weighted by Gasteiger charge is 2.08. The summed E-state index contributed by atoms with van der Waals surface area (Å²) in [6, 6.07) is 10.3. The zero-order valence-corrected chi connectivity index (χ0v) is 10.1. The van der Waals surface area contributed by atoms with Gasteiger partial charge >= 0.3 is 0 Å². The van der Waals surface area contributed by atoms with Gasteiger partial charge in [-0.05, 0) is 36.2 Å². The Morgan fingerprint density at radius 3 is 2.25 bits per heavy atom. The first-order valence-corrected chi connectivity index (χ1v) is 5.55. The fraction of sp³-hybridized carbons (Fsp3) is 0.0769. The van der Waals surface area contributed by atoms with E-state index in [9.17, 15) is 4.39 Å². The monoisotopic (exact) mass is 254 g/mol. The summed E-state index contributed by atoms with van der Waals surface area (Å²) >= 11 is 11.8. The molecule has 0 aliphatic carbocycles. The van der Waals surface area contributed by atoms with Gasteiger partial charge in [-0.3, -0.25) is 0 Å². The highest BCUT2D eigenvalue weighted by Crippen LogP contribution is 2.29. The number of aryl methyl sites for hydroxylation is 1. The number of halogens is 3. The second-order valence-corrected chi connectivity index (χ2v) is 4.47. The molecule has 0 aromatic heterocycles. The Morgan fingerprint density at radius 1 is 1.00 bits per heavy atom. The lowest BCUT2D eigenvalue weighted by Gasteiger charge is -2.06. The standard InChI is InChI=1S/C13H9Cl2F/c1-8-3-2-4-12(13(8)16)9-5-10(14)7-11(15)6-9/h2-7H,1H3. The molecule has 0 nitrogen and oxygen atoms in total. The number of hydrogen-bond acceptors (Lipinski definition) is 0. The third-order valence-corrected chi connectivity index (χ3v) is 2.80. The van der Waals surface area contributed by atoms with Crippen LogP contribution in [-0.4, -0.2) is 0 Å². The van der Waals surface area contributed by atoms with E-state index < -0.39 is 0 Å². The normalized spacial score (nSPS) is 10.5. The molecule has 3 heteroatoms. The average molecular weight is 255 g/mol. The molecule has 82 valence electrons. The molecular weight excluding hydrogens is 246 g/mol. The van der Waals surface area contributed by atoms with E-state index in [1.165, 1.54) is 0 Å². The van der Waals surface area contributed by atoms with E-state index in [-0.39, 0.29) is 5.82 Å². The van der Waals surface area contributed by atoms with Crippen molar-refractivity contribution in [2.45, 2.75) is 6.92 Å². The summed E-state index contributed by atoms with van der Waals surface area (Å²) in [6.45, 7) is 1.73. The molecule has 0 spiro atoms. The lowest BCUT2D eigenvalue weighted by atomic mass is 10.0. The molecule has 0 atom stereocenters. The fourth-order valence-electron chi connectivity index (χ4n) is 1.58. The van der Waals surface area contributed by atoms with E-state index in [2.05, 4.69) is 0 Å². The second-order valence-electron chi connectivity index (χ2n) is 3.59. The molecule has 0 saturated heterocycles. The first kappa shape index (κ1) is 11.4. The van der Waals surface area contributed by atoms with E-state index in [0.717, 1.165) is 0 Å². The molecule has 2 aromatic rings. The average Bonchev–Trinajstić information content (AvgIpc) is 2.20. The molecule has 0 saturated carbocycles. The van der Waals surface area contributed by atoms with E-state index in [1.807, 2.05) is 6.07 Å². The maximum Gasteiger partial charge on any atom is 0.133 e. The molecule has 16 heavy (non-hydrogen) atoms. The minimum Gasteiger partial charge on any atom is -0.206 e. The van der Waals surface area contributed by atoms with Gasteiger partial charge in [0.15, 0.2) is 0 Å². The van der Waals surface area contributed by atoms with Gasteiger partial charge < -0.3 is 0 Å². The van der Waals surface area contributed by atoms with Crippen molar-refractivity contribution in [3.63, 3.8) is 0 Å². The van der Waals surface area contributed by atoms with E-state index >= 15 is 0 Å². The van der Waals surface area contributed by atoms with Crippen LogP contribution in [0.4, 0.5) is 4.39 Å². The molecule has 0 N–H and O–H groups in total. The van der Waals surface area contributed by atoms with Gasteiger partial charge in [-0.2, -0.15) is 0 Å². The van der Waals surface area contributed by atoms with Gasteiger partial charge in [-0.25, -0.2) is 4.39 Å². The summed E-state index contributed by atoms with van der Waals surface area (Å²) in [5, 5.41) is 1.01. The van der Waals surface area contributed by atoms with Crippen molar-refractivity contribution in [1.29, 1.82) is 0 Å². The van der Waals surface area contributed by atoms with Crippen LogP contribution in [0.25, 0.3) is 11.1 Å². The minimum absolute atomic E-state index is 0.235. The highest BCUT2D eigenvalue weighted by atomic mass is 35.5. The molecule has 2 rings (SSSR count). The molecule has 0 amide bonds. The zero-order chi connectivity index (χ0) is 11.7. The van der Waals surface area contributed by atoms with Crippen LogP contribution in [0, 0.1) is 12.7 Å². The van der Waals surface area contributed by atoms with Crippen LogP contribution in [0.5, 0.6) is 0 Å². The van der Waals surface area contributed by atoms with Crippen molar-refractivity contribution in [2.75, 3.05) is 0 Å². The topological polar surface area (TPSA) is 0 Å². The van der Waals surface area contributed by atoms with Gasteiger partial charge in [-0.1, -0.05) is 41.4 Å². The largest absolute Gasteiger partial charge is 0.206 e. The van der Waals surface area contributed by atoms with Crippen LogP contribution in [0.15, 0.2) is 36.4 Å². The van der Waals surface area contributed by atoms with Crippen molar-refractivity contribution < 1.29 is 4.39 Å².